The summed E-state index contributed by atoms with van der Waals surface area (Å²) in [5.74, 6) is -0.0583. The number of carbonyl (C=O) groups excluding carboxylic acids is 1. The molecule has 21 heavy (non-hydrogen) atoms. The van der Waals surface area contributed by atoms with E-state index in [2.05, 4.69) is 17.1 Å². The number of carbonyl (C=O) groups is 1. The number of amides is 1. The van der Waals surface area contributed by atoms with E-state index in [-0.39, 0.29) is 5.91 Å². The number of hydrogen-bond acceptors (Lipinski definition) is 4. The van der Waals surface area contributed by atoms with Crippen LogP contribution in [0.2, 0.25) is 0 Å². The van der Waals surface area contributed by atoms with Crippen LogP contribution in [-0.4, -0.2) is 50.6 Å². The molecular formula is C16H26N4O. The van der Waals surface area contributed by atoms with Crippen LogP contribution in [0.15, 0.2) is 18.2 Å². The molecule has 5 nitrogen and oxygen atoms in total. The molecule has 1 atom stereocenters. The van der Waals surface area contributed by atoms with E-state index in [1.54, 1.807) is 6.07 Å². The Balaban J connectivity index is 2.01. The van der Waals surface area contributed by atoms with Crippen LogP contribution in [0.3, 0.4) is 0 Å². The fourth-order valence-corrected chi connectivity index (χ4v) is 2.77. The third kappa shape index (κ3) is 3.88. The summed E-state index contributed by atoms with van der Waals surface area (Å²) in [4.78, 5) is 16.8. The molecule has 0 radical (unpaired) electrons. The summed E-state index contributed by atoms with van der Waals surface area (Å²) in [6.07, 6.45) is 2.52. The molecule has 1 amide bonds. The first-order valence-corrected chi connectivity index (χ1v) is 7.58. The normalized spacial score (nSPS) is 16.7. The Morgan fingerprint density at radius 1 is 1.38 bits per heavy atom. The van der Waals surface area contributed by atoms with Gasteiger partial charge in [0.05, 0.1) is 5.56 Å². The number of anilines is 2. The minimum Gasteiger partial charge on any atom is -0.399 e. The lowest BCUT2D eigenvalue weighted by atomic mass is 10.1. The zero-order valence-corrected chi connectivity index (χ0v) is 13.2. The smallest absolute Gasteiger partial charge is 0.253 e. The molecule has 1 saturated heterocycles. The van der Waals surface area contributed by atoms with Gasteiger partial charge in [0, 0.05) is 38.1 Å². The summed E-state index contributed by atoms with van der Waals surface area (Å²) in [5, 5.41) is 3.04. The molecule has 0 aromatic heterocycles. The highest BCUT2D eigenvalue weighted by molar-refractivity contribution is 6.00. The largest absolute Gasteiger partial charge is 0.399 e. The number of likely N-dealkylation sites (tertiary alicyclic amines) is 1. The highest BCUT2D eigenvalue weighted by Gasteiger charge is 2.19. The van der Waals surface area contributed by atoms with Gasteiger partial charge in [-0.25, -0.2) is 0 Å². The van der Waals surface area contributed by atoms with E-state index >= 15 is 0 Å². The number of rotatable bonds is 5. The minimum absolute atomic E-state index is 0.0583. The first-order chi connectivity index (χ1) is 9.99. The van der Waals surface area contributed by atoms with Gasteiger partial charge >= 0.3 is 0 Å². The number of benzene rings is 1. The topological polar surface area (TPSA) is 61.6 Å². The quantitative estimate of drug-likeness (QED) is 0.808. The van der Waals surface area contributed by atoms with Crippen LogP contribution in [0.25, 0.3) is 0 Å². The molecule has 1 aromatic carbocycles. The second-order valence-corrected chi connectivity index (χ2v) is 5.97. The van der Waals surface area contributed by atoms with Gasteiger partial charge in [0.25, 0.3) is 5.91 Å². The number of nitrogens with one attached hydrogen (secondary N) is 1. The van der Waals surface area contributed by atoms with Gasteiger partial charge in [-0.3, -0.25) is 9.69 Å². The molecule has 1 aliphatic heterocycles. The van der Waals surface area contributed by atoms with E-state index in [4.69, 9.17) is 5.73 Å². The van der Waals surface area contributed by atoms with Crippen molar-refractivity contribution in [1.82, 2.24) is 10.2 Å². The summed E-state index contributed by atoms with van der Waals surface area (Å²) in [6.45, 7) is 5.11. The van der Waals surface area contributed by atoms with Crippen molar-refractivity contribution in [3.05, 3.63) is 23.8 Å². The number of nitrogen functional groups attached to an aromatic ring is 1. The summed E-state index contributed by atoms with van der Waals surface area (Å²) in [5.41, 5.74) is 7.94. The first-order valence-electron chi connectivity index (χ1n) is 7.58. The maximum absolute atomic E-state index is 12.4. The van der Waals surface area contributed by atoms with Crippen molar-refractivity contribution in [2.45, 2.75) is 25.8 Å². The Morgan fingerprint density at radius 3 is 2.67 bits per heavy atom. The Morgan fingerprint density at radius 2 is 2.05 bits per heavy atom. The van der Waals surface area contributed by atoms with Gasteiger partial charge < -0.3 is 16.0 Å². The molecule has 116 valence electrons. The van der Waals surface area contributed by atoms with Crippen LogP contribution < -0.4 is 16.0 Å². The van der Waals surface area contributed by atoms with Gasteiger partial charge in [-0.2, -0.15) is 0 Å². The van der Waals surface area contributed by atoms with Gasteiger partial charge in [-0.05, 0) is 51.1 Å². The molecule has 0 aliphatic carbocycles. The second-order valence-electron chi connectivity index (χ2n) is 5.97. The predicted molar refractivity (Wildman–Crippen MR) is 87.8 cm³/mol. The van der Waals surface area contributed by atoms with Crippen molar-refractivity contribution < 1.29 is 4.79 Å². The van der Waals surface area contributed by atoms with E-state index in [1.165, 1.54) is 12.8 Å². The maximum atomic E-state index is 12.4. The van der Waals surface area contributed by atoms with E-state index in [0.29, 0.717) is 23.8 Å². The third-order valence-electron chi connectivity index (χ3n) is 4.07. The van der Waals surface area contributed by atoms with E-state index < -0.39 is 0 Å². The fourth-order valence-electron chi connectivity index (χ4n) is 2.77. The Kier molecular flexibility index (Phi) is 5.07. The van der Waals surface area contributed by atoms with Gasteiger partial charge in [-0.15, -0.1) is 0 Å². The monoisotopic (exact) mass is 290 g/mol. The molecule has 1 aliphatic rings. The maximum Gasteiger partial charge on any atom is 0.253 e. The Labute approximate surface area is 127 Å². The van der Waals surface area contributed by atoms with Crippen LogP contribution in [-0.2, 0) is 0 Å². The molecule has 0 bridgehead atoms. The third-order valence-corrected chi connectivity index (χ3v) is 4.07. The highest BCUT2D eigenvalue weighted by atomic mass is 16.1. The average molecular weight is 290 g/mol. The van der Waals surface area contributed by atoms with E-state index in [0.717, 1.165) is 18.8 Å². The summed E-state index contributed by atoms with van der Waals surface area (Å²) in [7, 11) is 3.85. The van der Waals surface area contributed by atoms with Crippen LogP contribution in [0.5, 0.6) is 0 Å². The molecule has 1 aromatic rings. The number of nitrogens with zero attached hydrogens (tertiary/aromatic N) is 2. The van der Waals surface area contributed by atoms with Crippen molar-refractivity contribution >= 4 is 17.3 Å². The number of hydrogen-bond donors (Lipinski definition) is 2. The zero-order chi connectivity index (χ0) is 15.4. The van der Waals surface area contributed by atoms with Crippen LogP contribution in [0, 0.1) is 0 Å². The Bertz CT molecular complexity index is 495. The summed E-state index contributed by atoms with van der Waals surface area (Å²) < 4.78 is 0. The van der Waals surface area contributed by atoms with Crippen molar-refractivity contribution in [2.75, 3.05) is 44.4 Å². The van der Waals surface area contributed by atoms with Gasteiger partial charge in [0.2, 0.25) is 0 Å². The molecular weight excluding hydrogens is 264 g/mol. The molecule has 1 unspecified atom stereocenters. The average Bonchev–Trinajstić information content (AvgIpc) is 2.98. The van der Waals surface area contributed by atoms with Crippen molar-refractivity contribution in [3.63, 3.8) is 0 Å². The predicted octanol–water partition coefficient (Wildman–Crippen LogP) is 1.55. The molecule has 0 saturated carbocycles. The van der Waals surface area contributed by atoms with E-state index in [1.807, 2.05) is 31.1 Å². The second kappa shape index (κ2) is 6.80. The van der Waals surface area contributed by atoms with Crippen LogP contribution in [0.1, 0.15) is 30.1 Å². The Hall–Kier alpha value is -1.75. The van der Waals surface area contributed by atoms with Crippen LogP contribution in [0.4, 0.5) is 11.4 Å². The lowest BCUT2D eigenvalue weighted by molar-refractivity contribution is 0.0941. The van der Waals surface area contributed by atoms with Gasteiger partial charge in [-0.1, -0.05) is 0 Å². The van der Waals surface area contributed by atoms with Crippen LogP contribution >= 0.6 is 0 Å². The standard InChI is InChI=1S/C16H26N4O/c1-12(20-8-4-5-9-20)11-18-16(21)14-10-13(17)6-7-15(14)19(2)3/h6-7,10,12H,4-5,8-9,11,17H2,1-3H3,(H,18,21). The van der Waals surface area contributed by atoms with Crippen molar-refractivity contribution in [2.24, 2.45) is 0 Å². The molecule has 1 fully saturated rings. The van der Waals surface area contributed by atoms with E-state index in [9.17, 15) is 4.79 Å². The van der Waals surface area contributed by atoms with Crippen molar-refractivity contribution in [1.29, 1.82) is 0 Å². The molecule has 5 heteroatoms. The highest BCUT2D eigenvalue weighted by Crippen LogP contribution is 2.21. The lowest BCUT2D eigenvalue weighted by Crippen LogP contribution is -2.40. The SMILES string of the molecule is CC(CNC(=O)c1cc(N)ccc1N(C)C)N1CCCC1. The molecule has 0 spiro atoms. The van der Waals surface area contributed by atoms with Crippen molar-refractivity contribution in [3.8, 4) is 0 Å². The molecule has 2 rings (SSSR count). The molecule has 1 heterocycles. The summed E-state index contributed by atoms with van der Waals surface area (Å²) >= 11 is 0. The van der Waals surface area contributed by atoms with Gasteiger partial charge in [0.1, 0.15) is 0 Å². The zero-order valence-electron chi connectivity index (χ0n) is 13.2. The molecule has 3 N–H and O–H groups in total. The lowest BCUT2D eigenvalue weighted by Gasteiger charge is -2.24. The first kappa shape index (κ1) is 15.6. The van der Waals surface area contributed by atoms with Gasteiger partial charge in [0.15, 0.2) is 0 Å². The fraction of sp³-hybridized carbons (Fsp3) is 0.562. The number of nitrogens with two attached hydrogens (primary N) is 1. The summed E-state index contributed by atoms with van der Waals surface area (Å²) in [6, 6.07) is 5.82. The minimum atomic E-state index is -0.0583.